The summed E-state index contributed by atoms with van der Waals surface area (Å²) in [6, 6.07) is 0. The fraction of sp³-hybridized carbons (Fsp3) is 0.923. The van der Waals surface area contributed by atoms with Crippen LogP contribution in [0.2, 0.25) is 0 Å². The van der Waals surface area contributed by atoms with Crippen LogP contribution in [0.3, 0.4) is 0 Å². The standard InChI is InChI=1S/C13H27N3O2/c1-13(2,12(14)16-17)7-4-8-15-9-6-11-5-3-10-18-11/h11,15,17H,3-10H2,1-2H3,(H2,14,16). The van der Waals surface area contributed by atoms with Crippen molar-refractivity contribution >= 4 is 5.84 Å². The van der Waals surface area contributed by atoms with Gasteiger partial charge < -0.3 is 21.0 Å². The summed E-state index contributed by atoms with van der Waals surface area (Å²) in [6.07, 6.45) is 5.91. The average molecular weight is 257 g/mol. The highest BCUT2D eigenvalue weighted by atomic mass is 16.5. The van der Waals surface area contributed by atoms with Crippen LogP contribution in [0.5, 0.6) is 0 Å². The van der Waals surface area contributed by atoms with Gasteiger partial charge in [0.1, 0.15) is 5.84 Å². The van der Waals surface area contributed by atoms with Crippen molar-refractivity contribution in [2.45, 2.75) is 52.1 Å². The normalized spacial score (nSPS) is 21.4. The summed E-state index contributed by atoms with van der Waals surface area (Å²) < 4.78 is 5.56. The van der Waals surface area contributed by atoms with Crippen molar-refractivity contribution < 1.29 is 9.94 Å². The number of oxime groups is 1. The van der Waals surface area contributed by atoms with Gasteiger partial charge in [0.25, 0.3) is 0 Å². The van der Waals surface area contributed by atoms with Gasteiger partial charge in [0.05, 0.1) is 6.10 Å². The summed E-state index contributed by atoms with van der Waals surface area (Å²) >= 11 is 0. The fourth-order valence-electron chi connectivity index (χ4n) is 2.18. The molecule has 18 heavy (non-hydrogen) atoms. The van der Waals surface area contributed by atoms with E-state index in [9.17, 15) is 0 Å². The lowest BCUT2D eigenvalue weighted by atomic mass is 9.86. The molecule has 1 rings (SSSR count). The van der Waals surface area contributed by atoms with E-state index in [-0.39, 0.29) is 5.41 Å². The van der Waals surface area contributed by atoms with Gasteiger partial charge in [-0.05, 0) is 45.2 Å². The molecule has 5 heteroatoms. The first-order chi connectivity index (χ1) is 8.56. The Labute approximate surface area is 110 Å². The quantitative estimate of drug-likeness (QED) is 0.203. The smallest absolute Gasteiger partial charge is 0.144 e. The molecule has 1 heterocycles. The van der Waals surface area contributed by atoms with E-state index in [4.69, 9.17) is 15.7 Å². The summed E-state index contributed by atoms with van der Waals surface area (Å²) in [4.78, 5) is 0. The second-order valence-corrected chi connectivity index (χ2v) is 5.65. The lowest BCUT2D eigenvalue weighted by Gasteiger charge is -2.22. The van der Waals surface area contributed by atoms with Crippen LogP contribution >= 0.6 is 0 Å². The van der Waals surface area contributed by atoms with Crippen molar-refractivity contribution in [1.82, 2.24) is 5.32 Å². The third kappa shape index (κ3) is 5.23. The van der Waals surface area contributed by atoms with Crippen LogP contribution in [0.4, 0.5) is 0 Å². The highest BCUT2D eigenvalue weighted by Gasteiger charge is 2.22. The molecule has 0 aliphatic carbocycles. The van der Waals surface area contributed by atoms with E-state index < -0.39 is 0 Å². The van der Waals surface area contributed by atoms with Gasteiger partial charge in [0.15, 0.2) is 0 Å². The fourth-order valence-corrected chi connectivity index (χ4v) is 2.18. The lowest BCUT2D eigenvalue weighted by molar-refractivity contribution is 0.104. The number of nitrogens with zero attached hydrogens (tertiary/aromatic N) is 1. The number of amidine groups is 1. The summed E-state index contributed by atoms with van der Waals surface area (Å²) in [6.45, 7) is 6.89. The molecule has 1 fully saturated rings. The van der Waals surface area contributed by atoms with Crippen LogP contribution in [0, 0.1) is 5.41 Å². The van der Waals surface area contributed by atoms with Gasteiger partial charge in [-0.2, -0.15) is 0 Å². The monoisotopic (exact) mass is 257 g/mol. The van der Waals surface area contributed by atoms with Crippen LogP contribution in [0.15, 0.2) is 5.16 Å². The van der Waals surface area contributed by atoms with Crippen LogP contribution in [0.25, 0.3) is 0 Å². The van der Waals surface area contributed by atoms with E-state index in [1.807, 2.05) is 13.8 Å². The molecule has 4 N–H and O–H groups in total. The largest absolute Gasteiger partial charge is 0.409 e. The first kappa shape index (κ1) is 15.2. The minimum absolute atomic E-state index is 0.231. The van der Waals surface area contributed by atoms with Crippen molar-refractivity contribution in [3.8, 4) is 0 Å². The molecule has 106 valence electrons. The Bertz CT molecular complexity index is 261. The van der Waals surface area contributed by atoms with Crippen LogP contribution < -0.4 is 11.1 Å². The van der Waals surface area contributed by atoms with E-state index in [1.165, 1.54) is 12.8 Å². The van der Waals surface area contributed by atoms with Gasteiger partial charge >= 0.3 is 0 Å². The maximum atomic E-state index is 8.67. The summed E-state index contributed by atoms with van der Waals surface area (Å²) in [5.41, 5.74) is 5.41. The number of nitrogens with one attached hydrogen (secondary N) is 1. The Hall–Kier alpha value is -0.810. The van der Waals surface area contributed by atoms with Gasteiger partial charge in [0, 0.05) is 12.0 Å². The molecule has 0 aromatic heterocycles. The summed E-state index contributed by atoms with van der Waals surface area (Å²) in [5, 5.41) is 15.2. The van der Waals surface area contributed by atoms with Crippen LogP contribution in [-0.2, 0) is 4.74 Å². The number of ether oxygens (including phenoxy) is 1. The molecule has 0 aromatic rings. The number of hydrogen-bond acceptors (Lipinski definition) is 4. The molecule has 5 nitrogen and oxygen atoms in total. The SMILES string of the molecule is CC(C)(CCCNCCC1CCCO1)C(N)=NO. The minimum atomic E-state index is -0.231. The molecule has 0 spiro atoms. The molecule has 0 aromatic carbocycles. The Morgan fingerprint density at radius 2 is 2.28 bits per heavy atom. The molecule has 0 amide bonds. The van der Waals surface area contributed by atoms with Gasteiger partial charge in [-0.3, -0.25) is 0 Å². The lowest BCUT2D eigenvalue weighted by Crippen LogP contribution is -2.32. The van der Waals surface area contributed by atoms with Gasteiger partial charge in [-0.25, -0.2) is 0 Å². The zero-order chi connectivity index (χ0) is 13.4. The maximum Gasteiger partial charge on any atom is 0.144 e. The molecule has 1 saturated heterocycles. The number of rotatable bonds is 8. The Morgan fingerprint density at radius 1 is 1.50 bits per heavy atom. The highest BCUT2D eigenvalue weighted by molar-refractivity contribution is 5.85. The number of nitrogens with two attached hydrogens (primary N) is 1. The molecule has 0 saturated carbocycles. The molecule has 1 aliphatic heterocycles. The predicted octanol–water partition coefficient (Wildman–Crippen LogP) is 1.70. The molecule has 0 radical (unpaired) electrons. The second kappa shape index (κ2) is 7.59. The predicted molar refractivity (Wildman–Crippen MR) is 72.9 cm³/mol. The Kier molecular flexibility index (Phi) is 6.43. The highest BCUT2D eigenvalue weighted by Crippen LogP contribution is 2.21. The zero-order valence-electron chi connectivity index (χ0n) is 11.6. The molecule has 1 unspecified atom stereocenters. The Balaban J connectivity index is 2.01. The molecule has 1 atom stereocenters. The zero-order valence-corrected chi connectivity index (χ0v) is 11.6. The number of hydrogen-bond donors (Lipinski definition) is 3. The molecule has 0 bridgehead atoms. The molecular formula is C13H27N3O2. The third-order valence-corrected chi connectivity index (χ3v) is 3.62. The third-order valence-electron chi connectivity index (χ3n) is 3.62. The van der Waals surface area contributed by atoms with Crippen molar-refractivity contribution in [2.75, 3.05) is 19.7 Å². The molecule has 1 aliphatic rings. The molecular weight excluding hydrogens is 230 g/mol. The second-order valence-electron chi connectivity index (χ2n) is 5.65. The van der Waals surface area contributed by atoms with Gasteiger partial charge in [0.2, 0.25) is 0 Å². The van der Waals surface area contributed by atoms with Crippen molar-refractivity contribution in [2.24, 2.45) is 16.3 Å². The first-order valence-electron chi connectivity index (χ1n) is 6.86. The minimum Gasteiger partial charge on any atom is -0.409 e. The average Bonchev–Trinajstić information content (AvgIpc) is 2.85. The Morgan fingerprint density at radius 3 is 2.89 bits per heavy atom. The van der Waals surface area contributed by atoms with E-state index in [2.05, 4.69) is 10.5 Å². The first-order valence-corrected chi connectivity index (χ1v) is 6.86. The van der Waals surface area contributed by atoms with E-state index in [1.54, 1.807) is 0 Å². The van der Waals surface area contributed by atoms with Gasteiger partial charge in [-0.1, -0.05) is 19.0 Å². The topological polar surface area (TPSA) is 79.9 Å². The summed E-state index contributed by atoms with van der Waals surface area (Å²) in [5.74, 6) is 0.307. The van der Waals surface area contributed by atoms with Gasteiger partial charge in [-0.15, -0.1) is 0 Å². The summed E-state index contributed by atoms with van der Waals surface area (Å²) in [7, 11) is 0. The van der Waals surface area contributed by atoms with Crippen molar-refractivity contribution in [1.29, 1.82) is 0 Å². The van der Waals surface area contributed by atoms with E-state index in [0.29, 0.717) is 11.9 Å². The van der Waals surface area contributed by atoms with E-state index >= 15 is 0 Å². The van der Waals surface area contributed by atoms with Crippen molar-refractivity contribution in [3.05, 3.63) is 0 Å². The van der Waals surface area contributed by atoms with Crippen LogP contribution in [0.1, 0.15) is 46.0 Å². The van der Waals surface area contributed by atoms with Crippen molar-refractivity contribution in [3.63, 3.8) is 0 Å². The van der Waals surface area contributed by atoms with Crippen LogP contribution in [-0.4, -0.2) is 36.8 Å². The van der Waals surface area contributed by atoms with E-state index in [0.717, 1.165) is 39.0 Å². The maximum absolute atomic E-state index is 8.67.